The molecule has 1 N–H and O–H groups in total. The Labute approximate surface area is 152 Å². The van der Waals surface area contributed by atoms with E-state index in [-0.39, 0.29) is 24.2 Å². The van der Waals surface area contributed by atoms with Crippen LogP contribution in [-0.2, 0) is 11.2 Å². The lowest BCUT2D eigenvalue weighted by Gasteiger charge is -2.07. The third kappa shape index (κ3) is 4.09. The van der Waals surface area contributed by atoms with Gasteiger partial charge in [-0.3, -0.25) is 10.1 Å². The molecule has 130 valence electrons. The fourth-order valence-corrected chi connectivity index (χ4v) is 3.21. The molecule has 0 fully saturated rings. The molecule has 9 heteroatoms. The van der Waals surface area contributed by atoms with Crippen LogP contribution in [0.3, 0.4) is 0 Å². The van der Waals surface area contributed by atoms with Gasteiger partial charge in [-0.2, -0.15) is 0 Å². The summed E-state index contributed by atoms with van der Waals surface area (Å²) in [5.74, 6) is 1.13. The molecule has 7 nitrogen and oxygen atoms in total. The van der Waals surface area contributed by atoms with Gasteiger partial charge in [-0.1, -0.05) is 16.7 Å². The van der Waals surface area contributed by atoms with E-state index >= 15 is 0 Å². The standard InChI is InChI=1S/C16H14ClN3O4S/c1-22-11-5-3-9(7-12(11)23-2)15-19-20-16(24-15)18-14(21)8-10-4-6-13(17)25-10/h3-7H,8H2,1-2H3,(H,18,20,21). The number of methoxy groups -OCH3 is 2. The van der Waals surface area contributed by atoms with Gasteiger partial charge in [0.25, 0.3) is 0 Å². The largest absolute Gasteiger partial charge is 0.493 e. The fourth-order valence-electron chi connectivity index (χ4n) is 2.13. The highest BCUT2D eigenvalue weighted by atomic mass is 35.5. The molecule has 0 aliphatic rings. The Morgan fingerprint density at radius 2 is 2.00 bits per heavy atom. The molecule has 0 aliphatic carbocycles. The molecule has 25 heavy (non-hydrogen) atoms. The Morgan fingerprint density at radius 3 is 2.68 bits per heavy atom. The van der Waals surface area contributed by atoms with E-state index in [0.29, 0.717) is 21.4 Å². The van der Waals surface area contributed by atoms with Gasteiger partial charge in [0.1, 0.15) is 0 Å². The SMILES string of the molecule is COc1ccc(-c2nnc(NC(=O)Cc3ccc(Cl)s3)o2)cc1OC. The number of halogens is 1. The monoisotopic (exact) mass is 379 g/mol. The molecule has 0 spiro atoms. The van der Waals surface area contributed by atoms with Gasteiger partial charge >= 0.3 is 6.01 Å². The molecule has 2 aromatic heterocycles. The number of benzene rings is 1. The van der Waals surface area contributed by atoms with Crippen molar-refractivity contribution in [3.8, 4) is 23.0 Å². The number of carbonyl (C=O) groups excluding carboxylic acids is 1. The maximum Gasteiger partial charge on any atom is 0.322 e. The Bertz CT molecular complexity index is 893. The van der Waals surface area contributed by atoms with Crippen LogP contribution < -0.4 is 14.8 Å². The molecule has 3 aromatic rings. The number of nitrogens with one attached hydrogen (secondary N) is 1. The van der Waals surface area contributed by atoms with Gasteiger partial charge in [0.2, 0.25) is 11.8 Å². The molecule has 0 radical (unpaired) electrons. The number of ether oxygens (including phenoxy) is 2. The fraction of sp³-hybridized carbons (Fsp3) is 0.188. The van der Waals surface area contributed by atoms with Gasteiger partial charge in [-0.15, -0.1) is 16.4 Å². The van der Waals surface area contributed by atoms with Crippen LogP contribution in [0.2, 0.25) is 4.34 Å². The minimum Gasteiger partial charge on any atom is -0.493 e. The van der Waals surface area contributed by atoms with Crippen LogP contribution in [0.15, 0.2) is 34.7 Å². The number of rotatable bonds is 6. The quantitative estimate of drug-likeness (QED) is 0.703. The molecule has 2 heterocycles. The van der Waals surface area contributed by atoms with Gasteiger partial charge < -0.3 is 13.9 Å². The van der Waals surface area contributed by atoms with Crippen LogP contribution in [0.1, 0.15) is 4.88 Å². The summed E-state index contributed by atoms with van der Waals surface area (Å²) >= 11 is 7.20. The van der Waals surface area contributed by atoms with E-state index in [1.165, 1.54) is 18.4 Å². The number of amides is 1. The van der Waals surface area contributed by atoms with E-state index in [9.17, 15) is 4.79 Å². The maximum atomic E-state index is 12.0. The molecule has 1 amide bonds. The second-order valence-corrected chi connectivity index (χ2v) is 6.71. The average Bonchev–Trinajstić information content (AvgIpc) is 3.23. The summed E-state index contributed by atoms with van der Waals surface area (Å²) in [5, 5.41) is 10.3. The zero-order valence-electron chi connectivity index (χ0n) is 13.4. The normalized spacial score (nSPS) is 10.5. The van der Waals surface area contributed by atoms with Gasteiger partial charge in [-0.25, -0.2) is 0 Å². The molecule has 0 unspecified atom stereocenters. The molecule has 0 saturated heterocycles. The first-order chi connectivity index (χ1) is 12.1. The summed E-state index contributed by atoms with van der Waals surface area (Å²) in [5.41, 5.74) is 0.649. The number of hydrogen-bond acceptors (Lipinski definition) is 7. The lowest BCUT2D eigenvalue weighted by Crippen LogP contribution is -2.13. The van der Waals surface area contributed by atoms with E-state index in [1.54, 1.807) is 37.4 Å². The Kier molecular flexibility index (Phi) is 5.20. The van der Waals surface area contributed by atoms with Crippen LogP contribution in [0.4, 0.5) is 6.01 Å². The van der Waals surface area contributed by atoms with E-state index in [1.807, 2.05) is 0 Å². The molecule has 0 aliphatic heterocycles. The average molecular weight is 380 g/mol. The van der Waals surface area contributed by atoms with Crippen LogP contribution in [0, 0.1) is 0 Å². The summed E-state index contributed by atoms with van der Waals surface area (Å²) in [6.45, 7) is 0. The lowest BCUT2D eigenvalue weighted by atomic mass is 10.2. The van der Waals surface area contributed by atoms with Crippen molar-refractivity contribution in [2.75, 3.05) is 19.5 Å². The smallest absolute Gasteiger partial charge is 0.322 e. The van der Waals surface area contributed by atoms with Crippen LogP contribution in [0.25, 0.3) is 11.5 Å². The third-order valence-electron chi connectivity index (χ3n) is 3.27. The summed E-state index contributed by atoms with van der Waals surface area (Å²) in [6, 6.07) is 8.78. The van der Waals surface area contributed by atoms with E-state index in [2.05, 4.69) is 15.5 Å². The summed E-state index contributed by atoms with van der Waals surface area (Å²) in [4.78, 5) is 12.9. The number of thiophene rings is 1. The van der Waals surface area contributed by atoms with E-state index in [0.717, 1.165) is 4.88 Å². The number of anilines is 1. The van der Waals surface area contributed by atoms with Gasteiger partial charge in [0.15, 0.2) is 11.5 Å². The predicted molar refractivity (Wildman–Crippen MR) is 94.5 cm³/mol. The van der Waals surface area contributed by atoms with Crippen molar-refractivity contribution in [2.24, 2.45) is 0 Å². The highest BCUT2D eigenvalue weighted by Crippen LogP contribution is 2.32. The highest BCUT2D eigenvalue weighted by Gasteiger charge is 2.14. The maximum absolute atomic E-state index is 12.0. The van der Waals surface area contributed by atoms with Crippen molar-refractivity contribution in [3.05, 3.63) is 39.5 Å². The Morgan fingerprint density at radius 1 is 1.20 bits per heavy atom. The van der Waals surface area contributed by atoms with E-state index < -0.39 is 0 Å². The van der Waals surface area contributed by atoms with Crippen molar-refractivity contribution < 1.29 is 18.7 Å². The molecule has 0 atom stereocenters. The number of nitrogens with zero attached hydrogens (tertiary/aromatic N) is 2. The molecular weight excluding hydrogens is 366 g/mol. The number of aromatic nitrogens is 2. The van der Waals surface area contributed by atoms with Gasteiger partial charge in [0, 0.05) is 10.4 Å². The van der Waals surface area contributed by atoms with Crippen LogP contribution in [0.5, 0.6) is 11.5 Å². The number of hydrogen-bond donors (Lipinski definition) is 1. The lowest BCUT2D eigenvalue weighted by molar-refractivity contribution is -0.115. The molecule has 1 aromatic carbocycles. The zero-order valence-corrected chi connectivity index (χ0v) is 15.0. The van der Waals surface area contributed by atoms with Crippen molar-refractivity contribution in [1.29, 1.82) is 0 Å². The van der Waals surface area contributed by atoms with Crippen molar-refractivity contribution in [1.82, 2.24) is 10.2 Å². The minimum absolute atomic E-state index is 0.0254. The second kappa shape index (κ2) is 7.54. The molecule has 3 rings (SSSR count). The Hall–Kier alpha value is -2.58. The van der Waals surface area contributed by atoms with Crippen LogP contribution in [-0.4, -0.2) is 30.3 Å². The Balaban J connectivity index is 1.70. The van der Waals surface area contributed by atoms with E-state index in [4.69, 9.17) is 25.5 Å². The topological polar surface area (TPSA) is 86.5 Å². The first-order valence-electron chi connectivity index (χ1n) is 7.19. The van der Waals surface area contributed by atoms with Crippen molar-refractivity contribution >= 4 is 34.9 Å². The third-order valence-corrected chi connectivity index (χ3v) is 4.50. The molecule has 0 bridgehead atoms. The van der Waals surface area contributed by atoms with Crippen molar-refractivity contribution in [2.45, 2.75) is 6.42 Å². The number of carbonyl (C=O) groups is 1. The predicted octanol–water partition coefficient (Wildman–Crippen LogP) is 3.65. The summed E-state index contributed by atoms with van der Waals surface area (Å²) < 4.78 is 16.5. The summed E-state index contributed by atoms with van der Waals surface area (Å²) in [7, 11) is 3.09. The van der Waals surface area contributed by atoms with Gasteiger partial charge in [0.05, 0.1) is 25.0 Å². The van der Waals surface area contributed by atoms with Gasteiger partial charge in [-0.05, 0) is 30.3 Å². The first kappa shape index (κ1) is 17.2. The van der Waals surface area contributed by atoms with Crippen molar-refractivity contribution in [3.63, 3.8) is 0 Å². The highest BCUT2D eigenvalue weighted by molar-refractivity contribution is 7.16. The van der Waals surface area contributed by atoms with Crippen LogP contribution >= 0.6 is 22.9 Å². The zero-order chi connectivity index (χ0) is 17.8. The first-order valence-corrected chi connectivity index (χ1v) is 8.38. The molecular formula is C16H14ClN3O4S. The molecule has 0 saturated carbocycles. The second-order valence-electron chi connectivity index (χ2n) is 4.91. The summed E-state index contributed by atoms with van der Waals surface area (Å²) in [6.07, 6.45) is 0.186. The minimum atomic E-state index is -0.263.